The summed E-state index contributed by atoms with van der Waals surface area (Å²) in [7, 11) is -1.56. The molecular formula is C15H25N3O2S. The minimum Gasteiger partial charge on any atom is -0.349 e. The van der Waals surface area contributed by atoms with Crippen molar-refractivity contribution < 1.29 is 8.42 Å². The van der Waals surface area contributed by atoms with E-state index in [4.69, 9.17) is 0 Å². The van der Waals surface area contributed by atoms with E-state index >= 15 is 0 Å². The molecule has 0 saturated heterocycles. The summed E-state index contributed by atoms with van der Waals surface area (Å²) in [4.78, 5) is 0.398. The molecule has 0 bridgehead atoms. The Morgan fingerprint density at radius 1 is 1.52 bits per heavy atom. The van der Waals surface area contributed by atoms with E-state index in [0.29, 0.717) is 18.0 Å². The van der Waals surface area contributed by atoms with Gasteiger partial charge in [-0.25, -0.2) is 8.42 Å². The molecule has 21 heavy (non-hydrogen) atoms. The first kappa shape index (κ1) is 16.3. The van der Waals surface area contributed by atoms with Gasteiger partial charge in [0.25, 0.3) is 0 Å². The minimum atomic E-state index is -3.42. The minimum absolute atomic E-state index is 0.148. The smallest absolute Gasteiger partial charge is 0.245 e. The highest BCUT2D eigenvalue weighted by Crippen LogP contribution is 2.32. The summed E-state index contributed by atoms with van der Waals surface area (Å²) >= 11 is 0. The SMILES string of the molecule is C=CCN(C1CC1)S(=O)(=O)c1cc(CNC)n(CCC)c1. The maximum absolute atomic E-state index is 12.8. The van der Waals surface area contributed by atoms with Crippen molar-refractivity contribution in [2.24, 2.45) is 0 Å². The van der Waals surface area contributed by atoms with Gasteiger partial charge in [-0.05, 0) is 32.4 Å². The molecule has 1 heterocycles. The Morgan fingerprint density at radius 3 is 2.76 bits per heavy atom. The van der Waals surface area contributed by atoms with Gasteiger partial charge in [0.2, 0.25) is 10.0 Å². The van der Waals surface area contributed by atoms with Gasteiger partial charge in [0.05, 0.1) is 0 Å². The molecule has 0 amide bonds. The lowest BCUT2D eigenvalue weighted by molar-refractivity contribution is 0.436. The molecule has 1 aromatic heterocycles. The van der Waals surface area contributed by atoms with Crippen LogP contribution in [0.5, 0.6) is 0 Å². The fraction of sp³-hybridized carbons (Fsp3) is 0.600. The van der Waals surface area contributed by atoms with Crippen LogP contribution in [0.4, 0.5) is 0 Å². The molecule has 1 aliphatic carbocycles. The molecule has 1 aromatic rings. The second-order valence-electron chi connectivity index (χ2n) is 5.49. The van der Waals surface area contributed by atoms with Crippen molar-refractivity contribution in [3.63, 3.8) is 0 Å². The average molecular weight is 311 g/mol. The summed E-state index contributed by atoms with van der Waals surface area (Å²) in [5, 5.41) is 3.09. The Hall–Kier alpha value is -1.11. The van der Waals surface area contributed by atoms with Gasteiger partial charge in [0, 0.05) is 37.6 Å². The van der Waals surface area contributed by atoms with Crippen molar-refractivity contribution in [1.29, 1.82) is 0 Å². The quantitative estimate of drug-likeness (QED) is 0.709. The zero-order valence-corrected chi connectivity index (χ0v) is 13.7. The molecule has 118 valence electrons. The van der Waals surface area contributed by atoms with Gasteiger partial charge in [0.15, 0.2) is 0 Å². The lowest BCUT2D eigenvalue weighted by Gasteiger charge is -2.19. The largest absolute Gasteiger partial charge is 0.349 e. The Labute approximate surface area is 127 Å². The monoisotopic (exact) mass is 311 g/mol. The Morgan fingerprint density at radius 2 is 2.24 bits per heavy atom. The Bertz CT molecular complexity index is 565. The molecule has 1 saturated carbocycles. The van der Waals surface area contributed by atoms with Crippen LogP contribution in [0.25, 0.3) is 0 Å². The maximum atomic E-state index is 12.8. The Balaban J connectivity index is 2.34. The molecule has 0 atom stereocenters. The second kappa shape index (κ2) is 6.77. The topological polar surface area (TPSA) is 54.3 Å². The molecule has 2 rings (SSSR count). The van der Waals surface area contributed by atoms with Crippen LogP contribution >= 0.6 is 0 Å². The summed E-state index contributed by atoms with van der Waals surface area (Å²) in [5.41, 5.74) is 1.01. The van der Waals surface area contributed by atoms with Crippen molar-refractivity contribution >= 4 is 10.0 Å². The average Bonchev–Trinajstić information content (AvgIpc) is 3.19. The van der Waals surface area contributed by atoms with Crippen molar-refractivity contribution in [2.75, 3.05) is 13.6 Å². The number of sulfonamides is 1. The van der Waals surface area contributed by atoms with E-state index in [-0.39, 0.29) is 6.04 Å². The summed E-state index contributed by atoms with van der Waals surface area (Å²) in [6.45, 7) is 7.65. The van der Waals surface area contributed by atoms with E-state index in [2.05, 4.69) is 18.8 Å². The summed E-state index contributed by atoms with van der Waals surface area (Å²) in [5.74, 6) is 0. The summed E-state index contributed by atoms with van der Waals surface area (Å²) in [6.07, 6.45) is 6.31. The number of nitrogens with one attached hydrogen (secondary N) is 1. The van der Waals surface area contributed by atoms with E-state index in [9.17, 15) is 8.42 Å². The van der Waals surface area contributed by atoms with Crippen LogP contribution in [0.15, 0.2) is 29.8 Å². The third-order valence-electron chi connectivity index (χ3n) is 3.65. The molecule has 6 heteroatoms. The van der Waals surface area contributed by atoms with E-state index in [1.165, 1.54) is 0 Å². The van der Waals surface area contributed by atoms with Crippen LogP contribution in [-0.4, -0.2) is 36.9 Å². The van der Waals surface area contributed by atoms with E-state index in [1.54, 1.807) is 22.6 Å². The van der Waals surface area contributed by atoms with Crippen LogP contribution in [0.3, 0.4) is 0 Å². The van der Waals surface area contributed by atoms with E-state index in [0.717, 1.165) is 31.5 Å². The van der Waals surface area contributed by atoms with Gasteiger partial charge in [-0.2, -0.15) is 4.31 Å². The predicted molar refractivity (Wildman–Crippen MR) is 84.6 cm³/mol. The van der Waals surface area contributed by atoms with Gasteiger partial charge in [-0.1, -0.05) is 13.0 Å². The van der Waals surface area contributed by atoms with Gasteiger partial charge in [-0.3, -0.25) is 0 Å². The zero-order valence-electron chi connectivity index (χ0n) is 12.9. The highest BCUT2D eigenvalue weighted by Gasteiger charge is 2.37. The molecule has 0 spiro atoms. The molecule has 5 nitrogen and oxygen atoms in total. The van der Waals surface area contributed by atoms with Crippen LogP contribution in [0.1, 0.15) is 31.9 Å². The third kappa shape index (κ3) is 3.56. The molecule has 1 aliphatic rings. The first-order chi connectivity index (χ1) is 10.0. The second-order valence-corrected chi connectivity index (χ2v) is 7.38. The van der Waals surface area contributed by atoms with Crippen LogP contribution in [0.2, 0.25) is 0 Å². The normalized spacial score (nSPS) is 15.6. The fourth-order valence-corrected chi connectivity index (χ4v) is 4.23. The van der Waals surface area contributed by atoms with E-state index in [1.807, 2.05) is 11.6 Å². The van der Waals surface area contributed by atoms with Crippen LogP contribution < -0.4 is 5.32 Å². The number of aryl methyl sites for hydroxylation is 1. The number of rotatable bonds is 9. The van der Waals surface area contributed by atoms with Crippen molar-refractivity contribution in [3.05, 3.63) is 30.6 Å². The molecule has 0 unspecified atom stereocenters. The maximum Gasteiger partial charge on any atom is 0.245 e. The standard InChI is InChI=1S/C15H25N3O2S/c1-4-8-17-12-15(10-14(17)11-16-3)21(19,20)18(9-5-2)13-6-7-13/h5,10,12-13,16H,2,4,6-9,11H2,1,3H3. The summed E-state index contributed by atoms with van der Waals surface area (Å²) in [6, 6.07) is 1.94. The predicted octanol–water partition coefficient (Wildman–Crippen LogP) is 1.96. The lowest BCUT2D eigenvalue weighted by Crippen LogP contribution is -2.33. The highest BCUT2D eigenvalue weighted by atomic mass is 32.2. The van der Waals surface area contributed by atoms with E-state index < -0.39 is 10.0 Å². The molecular weight excluding hydrogens is 286 g/mol. The molecule has 0 aliphatic heterocycles. The van der Waals surface area contributed by atoms with Crippen LogP contribution in [-0.2, 0) is 23.1 Å². The first-order valence-electron chi connectivity index (χ1n) is 7.51. The lowest BCUT2D eigenvalue weighted by atomic mass is 10.4. The number of hydrogen-bond donors (Lipinski definition) is 1. The zero-order chi connectivity index (χ0) is 15.5. The molecule has 0 aromatic carbocycles. The van der Waals surface area contributed by atoms with Gasteiger partial charge in [-0.15, -0.1) is 6.58 Å². The first-order valence-corrected chi connectivity index (χ1v) is 8.95. The van der Waals surface area contributed by atoms with Gasteiger partial charge < -0.3 is 9.88 Å². The molecule has 1 fully saturated rings. The van der Waals surface area contributed by atoms with Crippen molar-refractivity contribution in [3.8, 4) is 0 Å². The fourth-order valence-electron chi connectivity index (χ4n) is 2.51. The van der Waals surface area contributed by atoms with Crippen LogP contribution in [0, 0.1) is 0 Å². The highest BCUT2D eigenvalue weighted by molar-refractivity contribution is 7.89. The molecule has 1 N–H and O–H groups in total. The number of nitrogens with zero attached hydrogens (tertiary/aromatic N) is 2. The van der Waals surface area contributed by atoms with Gasteiger partial charge >= 0.3 is 0 Å². The summed E-state index contributed by atoms with van der Waals surface area (Å²) < 4.78 is 29.3. The van der Waals surface area contributed by atoms with Crippen molar-refractivity contribution in [1.82, 2.24) is 14.2 Å². The van der Waals surface area contributed by atoms with Gasteiger partial charge in [0.1, 0.15) is 4.90 Å². The Kier molecular flexibility index (Phi) is 5.24. The molecule has 0 radical (unpaired) electrons. The number of hydrogen-bond acceptors (Lipinski definition) is 3. The third-order valence-corrected chi connectivity index (χ3v) is 5.54. The number of aromatic nitrogens is 1. The van der Waals surface area contributed by atoms with Crippen molar-refractivity contribution in [2.45, 2.75) is 50.2 Å².